The van der Waals surface area contributed by atoms with E-state index in [1.165, 1.54) is 10.5 Å². The van der Waals surface area contributed by atoms with Gasteiger partial charge in [0.15, 0.2) is 0 Å². The Morgan fingerprint density at radius 2 is 1.67 bits per heavy atom. The number of anilines is 2. The molecule has 30 heavy (non-hydrogen) atoms. The van der Waals surface area contributed by atoms with Crippen LogP contribution in [0.1, 0.15) is 0 Å². The number of hydrogen-bond acceptors (Lipinski definition) is 9. The van der Waals surface area contributed by atoms with Gasteiger partial charge in [-0.05, 0) is 23.6 Å². The minimum atomic E-state index is -3.52. The molecule has 5 rings (SSSR count). The fourth-order valence-corrected chi connectivity index (χ4v) is 6.01. The number of thiophene rings is 1. The minimum absolute atomic E-state index is 0.229. The first-order valence-corrected chi connectivity index (χ1v) is 12.2. The van der Waals surface area contributed by atoms with Crippen LogP contribution in [0.15, 0.2) is 41.0 Å². The van der Waals surface area contributed by atoms with Crippen LogP contribution in [-0.4, -0.2) is 80.2 Å². The van der Waals surface area contributed by atoms with Crippen molar-refractivity contribution >= 4 is 43.2 Å². The van der Waals surface area contributed by atoms with Crippen molar-refractivity contribution in [2.75, 3.05) is 62.3 Å². The van der Waals surface area contributed by atoms with Crippen LogP contribution in [0.5, 0.6) is 0 Å². The minimum Gasteiger partial charge on any atom is -0.379 e. The summed E-state index contributed by atoms with van der Waals surface area (Å²) in [7, 11) is -3.52. The predicted molar refractivity (Wildman–Crippen MR) is 116 cm³/mol. The van der Waals surface area contributed by atoms with Crippen LogP contribution in [0.25, 0.3) is 10.2 Å². The van der Waals surface area contributed by atoms with Crippen molar-refractivity contribution in [2.45, 2.75) is 4.90 Å². The van der Waals surface area contributed by atoms with Gasteiger partial charge in [-0.2, -0.15) is 4.31 Å². The van der Waals surface area contributed by atoms with E-state index in [1.54, 1.807) is 29.8 Å². The van der Waals surface area contributed by atoms with Gasteiger partial charge in [0.2, 0.25) is 10.0 Å². The number of aromatic nitrogens is 3. The first-order valence-electron chi connectivity index (χ1n) is 9.85. The summed E-state index contributed by atoms with van der Waals surface area (Å²) in [5.74, 6) is 1.77. The number of piperazine rings is 1. The maximum atomic E-state index is 12.8. The maximum Gasteiger partial charge on any atom is 0.244 e. The summed E-state index contributed by atoms with van der Waals surface area (Å²) in [5, 5.41) is 2.04. The molecule has 11 heteroatoms. The molecule has 0 unspecified atom stereocenters. The molecule has 0 bridgehead atoms. The molecule has 0 aliphatic carbocycles. The lowest BCUT2D eigenvalue weighted by Crippen LogP contribution is -2.47. The monoisotopic (exact) mass is 446 g/mol. The van der Waals surface area contributed by atoms with Gasteiger partial charge >= 0.3 is 0 Å². The van der Waals surface area contributed by atoms with Gasteiger partial charge in [0, 0.05) is 45.5 Å². The summed E-state index contributed by atoms with van der Waals surface area (Å²) in [6, 6.07) is 5.46. The van der Waals surface area contributed by atoms with Crippen LogP contribution >= 0.6 is 11.3 Å². The molecular weight excluding hydrogens is 424 g/mol. The summed E-state index contributed by atoms with van der Waals surface area (Å²) < 4.78 is 33.3. The SMILES string of the molecule is O=S(=O)(c1ccc(N2CCN(c3ncnc4ccsc34)CC2)nc1)N1CCOCC1. The molecule has 3 aromatic rings. The van der Waals surface area contributed by atoms with E-state index in [1.807, 2.05) is 11.4 Å². The third kappa shape index (κ3) is 3.62. The molecule has 2 aliphatic heterocycles. The topological polar surface area (TPSA) is 91.8 Å². The second-order valence-corrected chi connectivity index (χ2v) is 10.0. The molecule has 3 aromatic heterocycles. The van der Waals surface area contributed by atoms with Crippen LogP contribution in [-0.2, 0) is 14.8 Å². The molecule has 2 aliphatic rings. The van der Waals surface area contributed by atoms with Crippen LogP contribution < -0.4 is 9.80 Å². The van der Waals surface area contributed by atoms with Crippen molar-refractivity contribution in [1.29, 1.82) is 0 Å². The number of morpholine rings is 1. The fraction of sp³-hybridized carbons (Fsp3) is 0.421. The molecule has 158 valence electrons. The van der Waals surface area contributed by atoms with Crippen LogP contribution in [0.2, 0.25) is 0 Å². The van der Waals surface area contributed by atoms with Crippen molar-refractivity contribution < 1.29 is 13.2 Å². The van der Waals surface area contributed by atoms with Gasteiger partial charge in [0.25, 0.3) is 0 Å². The molecule has 2 saturated heterocycles. The summed E-state index contributed by atoms with van der Waals surface area (Å²) in [6.07, 6.45) is 3.08. The Balaban J connectivity index is 1.27. The average molecular weight is 447 g/mol. The number of sulfonamides is 1. The van der Waals surface area contributed by atoms with Gasteiger partial charge in [0.05, 0.1) is 23.4 Å². The summed E-state index contributed by atoms with van der Waals surface area (Å²) in [4.78, 5) is 17.9. The van der Waals surface area contributed by atoms with E-state index in [9.17, 15) is 8.42 Å². The number of nitrogens with zero attached hydrogens (tertiary/aromatic N) is 6. The Hall–Kier alpha value is -2.34. The number of pyridine rings is 1. The third-order valence-corrected chi connectivity index (χ3v) is 8.24. The van der Waals surface area contributed by atoms with E-state index in [0.29, 0.717) is 26.3 Å². The summed E-state index contributed by atoms with van der Waals surface area (Å²) in [5.41, 5.74) is 0.978. The van der Waals surface area contributed by atoms with Crippen molar-refractivity contribution in [2.24, 2.45) is 0 Å². The Bertz CT molecular complexity index is 1120. The summed E-state index contributed by atoms with van der Waals surface area (Å²) in [6.45, 7) is 4.84. The predicted octanol–water partition coefficient (Wildman–Crippen LogP) is 1.43. The molecule has 9 nitrogen and oxygen atoms in total. The molecule has 0 amide bonds. The zero-order valence-corrected chi connectivity index (χ0v) is 18.0. The van der Waals surface area contributed by atoms with Crippen molar-refractivity contribution in [3.63, 3.8) is 0 Å². The second-order valence-electron chi connectivity index (χ2n) is 7.17. The van der Waals surface area contributed by atoms with Crippen LogP contribution in [0.4, 0.5) is 11.6 Å². The van der Waals surface area contributed by atoms with Crippen LogP contribution in [0.3, 0.4) is 0 Å². The molecule has 0 radical (unpaired) electrons. The molecule has 0 aromatic carbocycles. The largest absolute Gasteiger partial charge is 0.379 e. The quantitative estimate of drug-likeness (QED) is 0.595. The van der Waals surface area contributed by atoms with E-state index < -0.39 is 10.0 Å². The third-order valence-electron chi connectivity index (χ3n) is 5.46. The smallest absolute Gasteiger partial charge is 0.244 e. The second kappa shape index (κ2) is 8.06. The number of hydrogen-bond donors (Lipinski definition) is 0. The molecule has 0 N–H and O–H groups in total. The van der Waals surface area contributed by atoms with Crippen molar-refractivity contribution in [3.8, 4) is 0 Å². The van der Waals surface area contributed by atoms with E-state index in [-0.39, 0.29) is 4.90 Å². The lowest BCUT2D eigenvalue weighted by atomic mass is 10.3. The van der Waals surface area contributed by atoms with Crippen molar-refractivity contribution in [3.05, 3.63) is 36.1 Å². The van der Waals surface area contributed by atoms with E-state index in [0.717, 1.165) is 48.0 Å². The van der Waals surface area contributed by atoms with Gasteiger partial charge in [0.1, 0.15) is 22.9 Å². The standard InChI is InChI=1S/C19H22N6O3S2/c26-30(27,25-8-10-28-11-9-25)15-1-2-17(20-13-15)23-4-6-24(7-5-23)19-18-16(3-12-29-18)21-14-22-19/h1-3,12-14H,4-11H2. The molecule has 5 heterocycles. The molecule has 0 atom stereocenters. The Kier molecular flexibility index (Phi) is 5.27. The zero-order chi connectivity index (χ0) is 20.6. The van der Waals surface area contributed by atoms with Gasteiger partial charge in [-0.3, -0.25) is 0 Å². The average Bonchev–Trinajstić information content (AvgIpc) is 3.29. The van der Waals surface area contributed by atoms with Gasteiger partial charge in [-0.25, -0.2) is 23.4 Å². The Morgan fingerprint density at radius 1 is 0.900 bits per heavy atom. The highest BCUT2D eigenvalue weighted by atomic mass is 32.2. The molecule has 2 fully saturated rings. The van der Waals surface area contributed by atoms with Crippen molar-refractivity contribution in [1.82, 2.24) is 19.3 Å². The number of rotatable bonds is 4. The van der Waals surface area contributed by atoms with Gasteiger partial charge < -0.3 is 14.5 Å². The van der Waals surface area contributed by atoms with Crippen LogP contribution in [0, 0.1) is 0 Å². The number of fused-ring (bicyclic) bond motifs is 1. The first kappa shape index (κ1) is 19.6. The highest BCUT2D eigenvalue weighted by Gasteiger charge is 2.27. The van der Waals surface area contributed by atoms with Gasteiger partial charge in [-0.1, -0.05) is 0 Å². The highest BCUT2D eigenvalue weighted by Crippen LogP contribution is 2.29. The highest BCUT2D eigenvalue weighted by molar-refractivity contribution is 7.89. The lowest BCUT2D eigenvalue weighted by Gasteiger charge is -2.36. The summed E-state index contributed by atoms with van der Waals surface area (Å²) >= 11 is 1.66. The first-order chi connectivity index (χ1) is 14.6. The van der Waals surface area contributed by atoms with Gasteiger partial charge in [-0.15, -0.1) is 11.3 Å². The van der Waals surface area contributed by atoms with E-state index in [2.05, 4.69) is 24.8 Å². The Labute approximate surface area is 179 Å². The van der Waals surface area contributed by atoms with E-state index in [4.69, 9.17) is 4.74 Å². The Morgan fingerprint density at radius 3 is 2.40 bits per heavy atom. The maximum absolute atomic E-state index is 12.8. The molecular formula is C19H22N6O3S2. The molecule has 0 saturated carbocycles. The van der Waals surface area contributed by atoms with E-state index >= 15 is 0 Å². The zero-order valence-electron chi connectivity index (χ0n) is 16.3. The molecule has 0 spiro atoms. The fourth-order valence-electron chi connectivity index (χ4n) is 3.80. The number of ether oxygens (including phenoxy) is 1. The lowest BCUT2D eigenvalue weighted by molar-refractivity contribution is 0.0730. The normalized spacial score (nSPS) is 18.8.